The number of pyridine rings is 1. The summed E-state index contributed by atoms with van der Waals surface area (Å²) in [6.45, 7) is 0.482. The van der Waals surface area contributed by atoms with Gasteiger partial charge in [0.25, 0.3) is 0 Å². The lowest BCUT2D eigenvalue weighted by Crippen LogP contribution is -2.28. The number of amides is 1. The summed E-state index contributed by atoms with van der Waals surface area (Å²) in [4.78, 5) is 18.1. The monoisotopic (exact) mass is 313 g/mol. The highest BCUT2D eigenvalue weighted by molar-refractivity contribution is 8.00. The molecule has 0 spiro atoms. The molecule has 3 rings (SSSR count). The van der Waals surface area contributed by atoms with E-state index in [0.29, 0.717) is 29.2 Å². The number of anilines is 1. The number of nitrogens with zero attached hydrogens (tertiary/aromatic N) is 3. The lowest BCUT2D eigenvalue weighted by Gasteiger charge is -2.17. The molecule has 1 atom stereocenters. The van der Waals surface area contributed by atoms with E-state index in [0.717, 1.165) is 0 Å². The zero-order valence-corrected chi connectivity index (χ0v) is 12.4. The van der Waals surface area contributed by atoms with Crippen LogP contribution in [0.2, 0.25) is 0 Å². The Labute approximate surface area is 131 Å². The molecule has 0 bridgehead atoms. The van der Waals surface area contributed by atoms with E-state index in [9.17, 15) is 9.18 Å². The third-order valence-corrected chi connectivity index (χ3v) is 4.61. The van der Waals surface area contributed by atoms with E-state index >= 15 is 0 Å². The van der Waals surface area contributed by atoms with Crippen molar-refractivity contribution >= 4 is 23.4 Å². The first-order valence-electron chi connectivity index (χ1n) is 6.78. The largest absolute Gasteiger partial charge is 0.309 e. The first kappa shape index (κ1) is 14.5. The van der Waals surface area contributed by atoms with Gasteiger partial charge in [-0.1, -0.05) is 23.9 Å². The van der Waals surface area contributed by atoms with Crippen molar-refractivity contribution in [2.45, 2.75) is 16.7 Å². The predicted octanol–water partition coefficient (Wildman–Crippen LogP) is 2.99. The standard InChI is InChI=1S/C16H12FN3OS/c17-12-3-1-2-4-13(12)20-8-6-14(16(20)21)22-15-9-11(10-18)5-7-19-15/h1-5,7,9,14H,6,8H2/t14-/m0/s1. The second-order valence-electron chi connectivity index (χ2n) is 4.83. The van der Waals surface area contributed by atoms with Crippen LogP contribution in [0.4, 0.5) is 10.1 Å². The van der Waals surface area contributed by atoms with Gasteiger partial charge in [-0.2, -0.15) is 5.26 Å². The SMILES string of the molecule is N#Cc1ccnc(S[C@H]2CCN(c3ccccc3F)C2=O)c1. The van der Waals surface area contributed by atoms with E-state index in [-0.39, 0.29) is 11.2 Å². The molecule has 6 heteroatoms. The number of hydrogen-bond acceptors (Lipinski definition) is 4. The number of rotatable bonds is 3. The van der Waals surface area contributed by atoms with Crippen LogP contribution < -0.4 is 4.90 Å². The summed E-state index contributed by atoms with van der Waals surface area (Å²) < 4.78 is 13.8. The summed E-state index contributed by atoms with van der Waals surface area (Å²) >= 11 is 1.32. The van der Waals surface area contributed by atoms with Gasteiger partial charge in [-0.3, -0.25) is 4.79 Å². The first-order chi connectivity index (χ1) is 10.7. The van der Waals surface area contributed by atoms with Gasteiger partial charge < -0.3 is 4.90 Å². The third-order valence-electron chi connectivity index (χ3n) is 3.43. The number of nitriles is 1. The van der Waals surface area contributed by atoms with E-state index in [1.54, 1.807) is 36.5 Å². The number of halogens is 1. The zero-order valence-electron chi connectivity index (χ0n) is 11.6. The van der Waals surface area contributed by atoms with E-state index in [2.05, 4.69) is 4.98 Å². The highest BCUT2D eigenvalue weighted by Crippen LogP contribution is 2.33. The summed E-state index contributed by atoms with van der Waals surface area (Å²) in [5, 5.41) is 9.22. The highest BCUT2D eigenvalue weighted by atomic mass is 32.2. The topological polar surface area (TPSA) is 57.0 Å². The number of para-hydroxylation sites is 1. The van der Waals surface area contributed by atoms with Crippen LogP contribution in [-0.4, -0.2) is 22.7 Å². The Kier molecular flexibility index (Phi) is 4.07. The summed E-state index contributed by atoms with van der Waals surface area (Å²) in [5.74, 6) is -0.523. The molecule has 22 heavy (non-hydrogen) atoms. The van der Waals surface area contributed by atoms with Crippen molar-refractivity contribution in [3.05, 3.63) is 54.0 Å². The molecule has 0 saturated carbocycles. The lowest BCUT2D eigenvalue weighted by molar-refractivity contribution is -0.116. The van der Waals surface area contributed by atoms with Gasteiger partial charge in [-0.25, -0.2) is 9.37 Å². The van der Waals surface area contributed by atoms with Gasteiger partial charge in [-0.15, -0.1) is 0 Å². The van der Waals surface area contributed by atoms with E-state index in [4.69, 9.17) is 5.26 Å². The van der Waals surface area contributed by atoms with Crippen molar-refractivity contribution in [3.63, 3.8) is 0 Å². The number of aromatic nitrogens is 1. The van der Waals surface area contributed by atoms with E-state index in [1.807, 2.05) is 6.07 Å². The van der Waals surface area contributed by atoms with Crippen LogP contribution in [0.15, 0.2) is 47.6 Å². The maximum absolute atomic E-state index is 13.8. The molecule has 110 valence electrons. The molecule has 1 aromatic carbocycles. The van der Waals surface area contributed by atoms with Crippen molar-refractivity contribution in [1.82, 2.24) is 4.98 Å². The van der Waals surface area contributed by atoms with Crippen molar-refractivity contribution in [2.75, 3.05) is 11.4 Å². The van der Waals surface area contributed by atoms with E-state index < -0.39 is 5.82 Å². The zero-order chi connectivity index (χ0) is 15.5. The quantitative estimate of drug-likeness (QED) is 0.874. The van der Waals surface area contributed by atoms with E-state index in [1.165, 1.54) is 22.7 Å². The van der Waals surface area contributed by atoms with Gasteiger partial charge >= 0.3 is 0 Å². The molecule has 0 unspecified atom stereocenters. The Morgan fingerprint density at radius 3 is 2.95 bits per heavy atom. The second-order valence-corrected chi connectivity index (χ2v) is 6.05. The molecule has 0 radical (unpaired) electrons. The molecule has 1 amide bonds. The molecule has 2 aromatic rings. The fraction of sp³-hybridized carbons (Fsp3) is 0.188. The molecule has 0 N–H and O–H groups in total. The number of thioether (sulfide) groups is 1. The maximum atomic E-state index is 13.8. The Morgan fingerprint density at radius 1 is 1.36 bits per heavy atom. The third kappa shape index (κ3) is 2.81. The Hall–Kier alpha value is -2.39. The number of carbonyl (C=O) groups is 1. The summed E-state index contributed by atoms with van der Waals surface area (Å²) in [6.07, 6.45) is 2.17. The molecule has 1 aromatic heterocycles. The van der Waals surface area contributed by atoms with Gasteiger partial charge in [0.2, 0.25) is 5.91 Å². The van der Waals surface area contributed by atoms with Crippen molar-refractivity contribution in [2.24, 2.45) is 0 Å². The summed E-state index contributed by atoms with van der Waals surface area (Å²) in [5.41, 5.74) is 0.822. The Morgan fingerprint density at radius 2 is 2.18 bits per heavy atom. The fourth-order valence-corrected chi connectivity index (χ4v) is 3.42. The minimum absolute atomic E-state index is 0.126. The van der Waals surface area contributed by atoms with Crippen LogP contribution in [-0.2, 0) is 4.79 Å². The number of carbonyl (C=O) groups excluding carboxylic acids is 1. The minimum atomic E-state index is -0.397. The lowest BCUT2D eigenvalue weighted by atomic mass is 10.3. The average Bonchev–Trinajstić information content (AvgIpc) is 2.89. The summed E-state index contributed by atoms with van der Waals surface area (Å²) in [7, 11) is 0. The molecule has 4 nitrogen and oxygen atoms in total. The van der Waals surface area contributed by atoms with Crippen molar-refractivity contribution < 1.29 is 9.18 Å². The first-order valence-corrected chi connectivity index (χ1v) is 7.66. The number of benzene rings is 1. The highest BCUT2D eigenvalue weighted by Gasteiger charge is 2.34. The second kappa shape index (κ2) is 6.16. The molecule has 1 fully saturated rings. The molecular weight excluding hydrogens is 301 g/mol. The Balaban J connectivity index is 1.77. The van der Waals surface area contributed by atoms with Gasteiger partial charge in [-0.05, 0) is 30.7 Å². The fourth-order valence-electron chi connectivity index (χ4n) is 2.36. The molecule has 1 aliphatic rings. The normalized spacial score (nSPS) is 17.5. The smallest absolute Gasteiger partial charge is 0.240 e. The van der Waals surface area contributed by atoms with Gasteiger partial charge in [0.05, 0.1) is 27.6 Å². The minimum Gasteiger partial charge on any atom is -0.309 e. The van der Waals surface area contributed by atoms with Crippen LogP contribution in [0.5, 0.6) is 0 Å². The van der Waals surface area contributed by atoms with Gasteiger partial charge in [0.1, 0.15) is 5.82 Å². The van der Waals surface area contributed by atoms with Crippen molar-refractivity contribution in [1.29, 1.82) is 5.26 Å². The summed E-state index contributed by atoms with van der Waals surface area (Å²) in [6, 6.07) is 11.6. The molecular formula is C16H12FN3OS. The van der Waals surface area contributed by atoms with Crippen LogP contribution in [0.25, 0.3) is 0 Å². The van der Waals surface area contributed by atoms with Crippen LogP contribution in [0.3, 0.4) is 0 Å². The van der Waals surface area contributed by atoms with Crippen LogP contribution in [0, 0.1) is 17.1 Å². The maximum Gasteiger partial charge on any atom is 0.240 e. The molecule has 2 heterocycles. The molecule has 1 saturated heterocycles. The predicted molar refractivity (Wildman–Crippen MR) is 82.0 cm³/mol. The van der Waals surface area contributed by atoms with Crippen LogP contribution >= 0.6 is 11.8 Å². The van der Waals surface area contributed by atoms with Gasteiger partial charge in [0, 0.05) is 12.7 Å². The number of hydrogen-bond donors (Lipinski definition) is 0. The molecule has 1 aliphatic heterocycles. The van der Waals surface area contributed by atoms with Crippen LogP contribution in [0.1, 0.15) is 12.0 Å². The van der Waals surface area contributed by atoms with Crippen molar-refractivity contribution in [3.8, 4) is 6.07 Å². The van der Waals surface area contributed by atoms with Gasteiger partial charge in [0.15, 0.2) is 0 Å². The Bertz CT molecular complexity index is 759. The molecule has 0 aliphatic carbocycles. The average molecular weight is 313 g/mol.